The molecule has 0 aromatic carbocycles. The number of nitriles is 1. The van der Waals surface area contributed by atoms with Crippen LogP contribution in [0.25, 0.3) is 0 Å². The van der Waals surface area contributed by atoms with Gasteiger partial charge in [-0.2, -0.15) is 5.26 Å². The molecule has 86 valence electrons. The molecule has 8 heteroatoms. The molecule has 1 heterocycles. The number of nitrogen functional groups attached to an aromatic ring is 1. The number of halogens is 3. The first-order chi connectivity index (χ1) is 7.37. The summed E-state index contributed by atoms with van der Waals surface area (Å²) in [7, 11) is 0. The van der Waals surface area contributed by atoms with E-state index in [0.29, 0.717) is 0 Å². The molecule has 0 amide bonds. The molecule has 0 aliphatic rings. The maximum Gasteiger partial charge on any atom is 0.574 e. The SMILES string of the molecule is N#Cc1c(N)cc(OC(F)(F)F)nc1CN. The van der Waals surface area contributed by atoms with Gasteiger partial charge in [-0.15, -0.1) is 13.2 Å². The highest BCUT2D eigenvalue weighted by Crippen LogP contribution is 2.25. The average molecular weight is 232 g/mol. The monoisotopic (exact) mass is 232 g/mol. The molecule has 1 rings (SSSR count). The average Bonchev–Trinajstić information content (AvgIpc) is 2.14. The van der Waals surface area contributed by atoms with Crippen molar-refractivity contribution < 1.29 is 17.9 Å². The van der Waals surface area contributed by atoms with Crippen LogP contribution < -0.4 is 16.2 Å². The smallest absolute Gasteiger partial charge is 0.397 e. The highest BCUT2D eigenvalue weighted by molar-refractivity contribution is 5.57. The number of aromatic nitrogens is 1. The van der Waals surface area contributed by atoms with E-state index in [1.807, 2.05) is 0 Å². The summed E-state index contributed by atoms with van der Waals surface area (Å²) in [5.41, 5.74) is 10.3. The van der Waals surface area contributed by atoms with Crippen molar-refractivity contribution in [3.05, 3.63) is 17.3 Å². The van der Waals surface area contributed by atoms with Crippen LogP contribution in [-0.4, -0.2) is 11.3 Å². The zero-order chi connectivity index (χ0) is 12.3. The lowest BCUT2D eigenvalue weighted by molar-refractivity contribution is -0.276. The zero-order valence-electron chi connectivity index (χ0n) is 7.88. The Labute approximate surface area is 88.4 Å². The molecule has 1 aromatic rings. The Morgan fingerprint density at radius 1 is 1.50 bits per heavy atom. The number of nitrogens with two attached hydrogens (primary N) is 2. The van der Waals surface area contributed by atoms with Gasteiger partial charge in [-0.1, -0.05) is 0 Å². The van der Waals surface area contributed by atoms with Crippen molar-refractivity contribution in [3.8, 4) is 11.9 Å². The Kier molecular flexibility index (Phi) is 3.20. The topological polar surface area (TPSA) is 98.0 Å². The Hall–Kier alpha value is -2.01. The number of hydrogen-bond donors (Lipinski definition) is 2. The lowest BCUT2D eigenvalue weighted by atomic mass is 10.2. The molecule has 1 aromatic heterocycles. The number of pyridine rings is 1. The molecular formula is C8H7F3N4O. The van der Waals surface area contributed by atoms with E-state index in [1.54, 1.807) is 6.07 Å². The summed E-state index contributed by atoms with van der Waals surface area (Å²) < 4.78 is 39.2. The molecule has 0 unspecified atom stereocenters. The third-order valence-corrected chi connectivity index (χ3v) is 1.63. The van der Waals surface area contributed by atoms with Gasteiger partial charge in [0.1, 0.15) is 6.07 Å². The number of hydrogen-bond acceptors (Lipinski definition) is 5. The van der Waals surface area contributed by atoms with E-state index in [2.05, 4.69) is 9.72 Å². The molecule has 0 aliphatic carbocycles. The van der Waals surface area contributed by atoms with Gasteiger partial charge in [0.2, 0.25) is 5.88 Å². The minimum Gasteiger partial charge on any atom is -0.397 e. The highest BCUT2D eigenvalue weighted by Gasteiger charge is 2.32. The van der Waals surface area contributed by atoms with Crippen molar-refractivity contribution in [2.45, 2.75) is 12.9 Å². The molecule has 4 N–H and O–H groups in total. The van der Waals surface area contributed by atoms with Gasteiger partial charge < -0.3 is 16.2 Å². The van der Waals surface area contributed by atoms with E-state index in [0.717, 1.165) is 6.07 Å². The Morgan fingerprint density at radius 3 is 2.56 bits per heavy atom. The third kappa shape index (κ3) is 2.74. The van der Waals surface area contributed by atoms with Crippen LogP contribution in [0.5, 0.6) is 5.88 Å². The predicted molar refractivity (Wildman–Crippen MR) is 47.9 cm³/mol. The number of rotatable bonds is 2. The minimum absolute atomic E-state index is 0.0400. The van der Waals surface area contributed by atoms with Gasteiger partial charge in [-0.05, 0) is 0 Å². The Bertz CT molecular complexity index is 438. The first-order valence-corrected chi connectivity index (χ1v) is 4.02. The second kappa shape index (κ2) is 4.24. The third-order valence-electron chi connectivity index (χ3n) is 1.63. The summed E-state index contributed by atoms with van der Waals surface area (Å²) in [6.07, 6.45) is -4.86. The van der Waals surface area contributed by atoms with Crippen LogP contribution >= 0.6 is 0 Å². The van der Waals surface area contributed by atoms with Crippen molar-refractivity contribution >= 4 is 5.69 Å². The largest absolute Gasteiger partial charge is 0.574 e. The summed E-state index contributed by atoms with van der Waals surface area (Å²) >= 11 is 0. The van der Waals surface area contributed by atoms with Crippen molar-refractivity contribution in [1.82, 2.24) is 4.98 Å². The van der Waals surface area contributed by atoms with Crippen LogP contribution in [0.1, 0.15) is 11.3 Å². The molecule has 5 nitrogen and oxygen atoms in total. The number of ether oxygens (including phenoxy) is 1. The van der Waals surface area contributed by atoms with Gasteiger partial charge in [0.05, 0.1) is 16.9 Å². The van der Waals surface area contributed by atoms with Crippen LogP contribution in [0.2, 0.25) is 0 Å². The van der Waals surface area contributed by atoms with Crippen molar-refractivity contribution in [2.75, 3.05) is 5.73 Å². The summed E-state index contributed by atoms with van der Waals surface area (Å²) in [6.45, 7) is -0.206. The van der Waals surface area contributed by atoms with Gasteiger partial charge >= 0.3 is 6.36 Å². The lowest BCUT2D eigenvalue weighted by Gasteiger charge is -2.10. The van der Waals surface area contributed by atoms with E-state index in [4.69, 9.17) is 16.7 Å². The summed E-state index contributed by atoms with van der Waals surface area (Å²) in [4.78, 5) is 3.44. The number of nitrogens with zero attached hydrogens (tertiary/aromatic N) is 2. The quantitative estimate of drug-likeness (QED) is 0.789. The van der Waals surface area contributed by atoms with Crippen LogP contribution in [-0.2, 0) is 6.54 Å². The Morgan fingerprint density at radius 2 is 2.12 bits per heavy atom. The molecule has 0 saturated carbocycles. The van der Waals surface area contributed by atoms with Crippen LogP contribution in [0.3, 0.4) is 0 Å². The Balaban J connectivity index is 3.17. The summed E-state index contributed by atoms with van der Waals surface area (Å²) in [5.74, 6) is -0.732. The van der Waals surface area contributed by atoms with Crippen molar-refractivity contribution in [3.63, 3.8) is 0 Å². The minimum atomic E-state index is -4.86. The first-order valence-electron chi connectivity index (χ1n) is 4.02. The lowest BCUT2D eigenvalue weighted by Crippen LogP contribution is -2.19. The van der Waals surface area contributed by atoms with Crippen LogP contribution in [0.15, 0.2) is 6.07 Å². The molecule has 0 saturated heterocycles. The van der Waals surface area contributed by atoms with Crippen molar-refractivity contribution in [1.29, 1.82) is 5.26 Å². The van der Waals surface area contributed by atoms with E-state index < -0.39 is 12.2 Å². The maximum absolute atomic E-state index is 11.9. The molecule has 0 spiro atoms. The molecule has 16 heavy (non-hydrogen) atoms. The summed E-state index contributed by atoms with van der Waals surface area (Å²) in [6, 6.07) is 2.53. The molecule has 0 bridgehead atoms. The highest BCUT2D eigenvalue weighted by atomic mass is 19.4. The molecule has 0 atom stereocenters. The second-order valence-corrected chi connectivity index (χ2v) is 2.74. The normalized spacial score (nSPS) is 10.9. The predicted octanol–water partition coefficient (Wildman–Crippen LogP) is 0.893. The first kappa shape index (κ1) is 12.1. The van der Waals surface area contributed by atoms with Gasteiger partial charge in [0.15, 0.2) is 0 Å². The van der Waals surface area contributed by atoms with Crippen molar-refractivity contribution in [2.24, 2.45) is 5.73 Å². The van der Waals surface area contributed by atoms with E-state index in [1.165, 1.54) is 0 Å². The summed E-state index contributed by atoms with van der Waals surface area (Å²) in [5, 5.41) is 8.67. The van der Waals surface area contributed by atoms with Crippen LogP contribution in [0, 0.1) is 11.3 Å². The second-order valence-electron chi connectivity index (χ2n) is 2.74. The maximum atomic E-state index is 11.9. The van der Waals surface area contributed by atoms with Crippen LogP contribution in [0.4, 0.5) is 18.9 Å². The van der Waals surface area contributed by atoms with Gasteiger partial charge in [-0.25, -0.2) is 4.98 Å². The van der Waals surface area contributed by atoms with Gasteiger partial charge in [-0.3, -0.25) is 0 Å². The standard InChI is InChI=1S/C8H7F3N4O/c9-8(10,11)16-7-1-5(14)4(2-12)6(3-13)15-7/h1H,3,13H2,(H2,14,15). The fourth-order valence-electron chi connectivity index (χ4n) is 1.04. The molecular weight excluding hydrogens is 225 g/mol. The number of alkyl halides is 3. The fraction of sp³-hybridized carbons (Fsp3) is 0.250. The fourth-order valence-corrected chi connectivity index (χ4v) is 1.04. The number of anilines is 1. The molecule has 0 radical (unpaired) electrons. The van der Waals surface area contributed by atoms with Gasteiger partial charge in [0, 0.05) is 12.6 Å². The van der Waals surface area contributed by atoms with E-state index >= 15 is 0 Å². The molecule has 0 aliphatic heterocycles. The zero-order valence-corrected chi connectivity index (χ0v) is 7.88. The van der Waals surface area contributed by atoms with E-state index in [-0.39, 0.29) is 23.5 Å². The van der Waals surface area contributed by atoms with E-state index in [9.17, 15) is 13.2 Å². The molecule has 0 fully saturated rings. The van der Waals surface area contributed by atoms with Gasteiger partial charge in [0.25, 0.3) is 0 Å².